The predicted molar refractivity (Wildman–Crippen MR) is 108 cm³/mol. The Labute approximate surface area is 163 Å². The van der Waals surface area contributed by atoms with Crippen LogP contribution in [0.25, 0.3) is 0 Å². The summed E-state index contributed by atoms with van der Waals surface area (Å²) >= 11 is 7.42. The highest BCUT2D eigenvalue weighted by molar-refractivity contribution is 7.99. The van der Waals surface area contributed by atoms with E-state index in [2.05, 4.69) is 24.5 Å². The lowest BCUT2D eigenvalue weighted by Gasteiger charge is -2.13. The van der Waals surface area contributed by atoms with Crippen molar-refractivity contribution in [1.82, 2.24) is 5.32 Å². The minimum atomic E-state index is -0.180. The molecule has 0 saturated carbocycles. The van der Waals surface area contributed by atoms with Crippen LogP contribution in [0.2, 0.25) is 5.02 Å². The average Bonchev–Trinajstić information content (AvgIpc) is 2.57. The number of hydrogen-bond donors (Lipinski definition) is 2. The molecule has 2 aromatic rings. The molecule has 0 atom stereocenters. The summed E-state index contributed by atoms with van der Waals surface area (Å²) in [5.74, 6) is 0.212. The number of nitrogens with one attached hydrogen (secondary N) is 2. The molecule has 0 aliphatic heterocycles. The van der Waals surface area contributed by atoms with E-state index >= 15 is 0 Å². The van der Waals surface area contributed by atoms with E-state index in [1.54, 1.807) is 12.1 Å². The molecule has 2 aromatic carbocycles. The molecule has 0 spiro atoms. The third-order valence-corrected chi connectivity index (χ3v) is 4.94. The van der Waals surface area contributed by atoms with Gasteiger partial charge in [0.15, 0.2) is 0 Å². The largest absolute Gasteiger partial charge is 0.352 e. The highest BCUT2D eigenvalue weighted by atomic mass is 35.5. The molecule has 2 N–H and O–H groups in total. The molecule has 0 heterocycles. The molecule has 0 aliphatic carbocycles. The molecule has 0 bridgehead atoms. The number of carbonyl (C=O) groups is 2. The van der Waals surface area contributed by atoms with E-state index in [9.17, 15) is 9.59 Å². The topological polar surface area (TPSA) is 58.2 Å². The minimum Gasteiger partial charge on any atom is -0.352 e. The molecule has 0 fully saturated rings. The Hall–Kier alpha value is -1.98. The third kappa shape index (κ3) is 6.39. The Kier molecular flexibility index (Phi) is 7.54. The lowest BCUT2D eigenvalue weighted by atomic mass is 10.1. The smallest absolute Gasteiger partial charge is 0.251 e. The second-order valence-corrected chi connectivity index (χ2v) is 7.94. The molecule has 0 unspecified atom stereocenters. The number of anilines is 1. The van der Waals surface area contributed by atoms with Crippen molar-refractivity contribution in [2.45, 2.75) is 37.0 Å². The fourth-order valence-electron chi connectivity index (χ4n) is 2.25. The zero-order chi connectivity index (χ0) is 19.1. The van der Waals surface area contributed by atoms with Gasteiger partial charge >= 0.3 is 0 Å². The molecule has 2 rings (SSSR count). The molecule has 138 valence electrons. The van der Waals surface area contributed by atoms with Crippen LogP contribution in [0.5, 0.6) is 0 Å². The van der Waals surface area contributed by atoms with Crippen molar-refractivity contribution >= 4 is 40.9 Å². The van der Waals surface area contributed by atoms with Gasteiger partial charge in [0.05, 0.1) is 5.69 Å². The summed E-state index contributed by atoms with van der Waals surface area (Å²) in [4.78, 5) is 25.7. The minimum absolute atomic E-state index is 0.139. The van der Waals surface area contributed by atoms with Crippen molar-refractivity contribution in [3.8, 4) is 0 Å². The van der Waals surface area contributed by atoms with Crippen LogP contribution in [0.4, 0.5) is 5.69 Å². The van der Waals surface area contributed by atoms with Gasteiger partial charge in [-0.2, -0.15) is 0 Å². The van der Waals surface area contributed by atoms with Crippen LogP contribution in [0.15, 0.2) is 52.3 Å². The molecule has 0 aliphatic rings. The van der Waals surface area contributed by atoms with Crippen LogP contribution in [-0.2, 0) is 4.79 Å². The van der Waals surface area contributed by atoms with Gasteiger partial charge in [-0.25, -0.2) is 0 Å². The van der Waals surface area contributed by atoms with Crippen LogP contribution in [-0.4, -0.2) is 18.4 Å². The second-order valence-electron chi connectivity index (χ2n) is 6.39. The second kappa shape index (κ2) is 9.64. The number of hydrogen-bond acceptors (Lipinski definition) is 3. The first-order chi connectivity index (χ1) is 12.3. The zero-order valence-electron chi connectivity index (χ0n) is 15.1. The first-order valence-corrected chi connectivity index (χ1v) is 9.68. The SMILES string of the molecule is CC(=O)Nc1cc(C(=O)NCCC(C)C)ccc1Sc1ccc(Cl)cc1. The zero-order valence-corrected chi connectivity index (χ0v) is 16.7. The number of amides is 2. The summed E-state index contributed by atoms with van der Waals surface area (Å²) in [5.41, 5.74) is 1.15. The maximum Gasteiger partial charge on any atom is 0.251 e. The van der Waals surface area contributed by atoms with Crippen LogP contribution >= 0.6 is 23.4 Å². The van der Waals surface area contributed by atoms with Crippen molar-refractivity contribution in [2.24, 2.45) is 5.92 Å². The molecule has 4 nitrogen and oxygen atoms in total. The summed E-state index contributed by atoms with van der Waals surface area (Å²) in [6, 6.07) is 12.8. The van der Waals surface area contributed by atoms with E-state index in [4.69, 9.17) is 11.6 Å². The molecular formula is C20H23ClN2O2S. The normalized spacial score (nSPS) is 10.7. The number of carbonyl (C=O) groups excluding carboxylic acids is 2. The summed E-state index contributed by atoms with van der Waals surface area (Å²) < 4.78 is 0. The summed E-state index contributed by atoms with van der Waals surface area (Å²) in [7, 11) is 0. The molecule has 6 heteroatoms. The Morgan fingerprint density at radius 2 is 1.81 bits per heavy atom. The van der Waals surface area contributed by atoms with Crippen molar-refractivity contribution in [1.29, 1.82) is 0 Å². The quantitative estimate of drug-likeness (QED) is 0.680. The lowest BCUT2D eigenvalue weighted by Crippen LogP contribution is -2.25. The van der Waals surface area contributed by atoms with Gasteiger partial charge in [-0.15, -0.1) is 0 Å². The van der Waals surface area contributed by atoms with E-state index < -0.39 is 0 Å². The van der Waals surface area contributed by atoms with Gasteiger partial charge in [0.25, 0.3) is 5.91 Å². The fraction of sp³-hybridized carbons (Fsp3) is 0.300. The Morgan fingerprint density at radius 1 is 1.12 bits per heavy atom. The molecule has 0 saturated heterocycles. The van der Waals surface area contributed by atoms with Gasteiger partial charge in [0.2, 0.25) is 5.91 Å². The van der Waals surface area contributed by atoms with E-state index in [0.29, 0.717) is 28.7 Å². The molecule has 0 aromatic heterocycles. The lowest BCUT2D eigenvalue weighted by molar-refractivity contribution is -0.114. The highest BCUT2D eigenvalue weighted by Gasteiger charge is 2.12. The number of rotatable bonds is 7. The number of benzene rings is 2. The van der Waals surface area contributed by atoms with Gasteiger partial charge in [0.1, 0.15) is 0 Å². The first-order valence-electron chi connectivity index (χ1n) is 8.48. The van der Waals surface area contributed by atoms with Crippen molar-refractivity contribution < 1.29 is 9.59 Å². The standard InChI is InChI=1S/C20H23ClN2O2S/c1-13(2)10-11-22-20(25)15-4-9-19(18(12-15)23-14(3)24)26-17-7-5-16(21)6-8-17/h4-9,12-13H,10-11H2,1-3H3,(H,22,25)(H,23,24). The Bertz CT molecular complexity index is 776. The van der Waals surface area contributed by atoms with Gasteiger partial charge in [-0.3, -0.25) is 9.59 Å². The number of halogens is 1. The van der Waals surface area contributed by atoms with E-state index in [1.807, 2.05) is 30.3 Å². The maximum atomic E-state index is 12.3. The average molecular weight is 391 g/mol. The molecule has 2 amide bonds. The van der Waals surface area contributed by atoms with Gasteiger partial charge in [-0.05, 0) is 54.8 Å². The van der Waals surface area contributed by atoms with Gasteiger partial charge < -0.3 is 10.6 Å². The molecular weight excluding hydrogens is 368 g/mol. The molecule has 0 radical (unpaired) electrons. The monoisotopic (exact) mass is 390 g/mol. The van der Waals surface area contributed by atoms with Gasteiger partial charge in [-0.1, -0.05) is 37.2 Å². The summed E-state index contributed by atoms with van der Waals surface area (Å²) in [6.45, 7) is 6.31. The van der Waals surface area contributed by atoms with Gasteiger partial charge in [0, 0.05) is 33.8 Å². The van der Waals surface area contributed by atoms with E-state index in [1.165, 1.54) is 18.7 Å². The van der Waals surface area contributed by atoms with Crippen molar-refractivity contribution in [2.75, 3.05) is 11.9 Å². The van der Waals surface area contributed by atoms with Crippen molar-refractivity contribution in [3.05, 3.63) is 53.1 Å². The van der Waals surface area contributed by atoms with Crippen LogP contribution in [0.3, 0.4) is 0 Å². The fourth-order valence-corrected chi connectivity index (χ4v) is 3.26. The predicted octanol–water partition coefficient (Wildman–Crippen LogP) is 5.23. The maximum absolute atomic E-state index is 12.3. The van der Waals surface area contributed by atoms with Crippen LogP contribution < -0.4 is 10.6 Å². The summed E-state index contributed by atoms with van der Waals surface area (Å²) in [5, 5.41) is 6.39. The third-order valence-electron chi connectivity index (χ3n) is 3.60. The van der Waals surface area contributed by atoms with E-state index in [0.717, 1.165) is 16.2 Å². The van der Waals surface area contributed by atoms with Crippen LogP contribution in [0.1, 0.15) is 37.6 Å². The summed E-state index contributed by atoms with van der Waals surface area (Å²) in [6.07, 6.45) is 0.925. The first kappa shape index (κ1) is 20.3. The van der Waals surface area contributed by atoms with Crippen molar-refractivity contribution in [3.63, 3.8) is 0 Å². The van der Waals surface area contributed by atoms with E-state index in [-0.39, 0.29) is 11.8 Å². The Balaban J connectivity index is 2.19. The molecule has 26 heavy (non-hydrogen) atoms. The highest BCUT2D eigenvalue weighted by Crippen LogP contribution is 2.34. The van der Waals surface area contributed by atoms with Crippen LogP contribution in [0, 0.1) is 5.92 Å². The Morgan fingerprint density at radius 3 is 2.42 bits per heavy atom.